The Hall–Kier alpha value is 1.49. The van der Waals surface area contributed by atoms with Gasteiger partial charge in [0.15, 0.2) is 0 Å². The predicted molar refractivity (Wildman–Crippen MR) is 38.3 cm³/mol. The first kappa shape index (κ1) is 11.6. The summed E-state index contributed by atoms with van der Waals surface area (Å²) in [6.07, 6.45) is 3.29. The molecule has 5 heteroatoms. The Labute approximate surface area is 113 Å². The molecule has 2 saturated carbocycles. The molecule has 0 saturated heterocycles. The Morgan fingerprint density at radius 2 is 1.25 bits per heavy atom. The van der Waals surface area contributed by atoms with Crippen LogP contribution in [0.1, 0.15) is 25.7 Å². The Bertz CT molecular complexity index is 151. The molecule has 2 fully saturated rings. The molecule has 0 aromatic heterocycles. The SMILES string of the molecule is F[B-](F)(F)C(C1CC1)C1CC1.[K+]. The molecule has 0 N–H and O–H groups in total. The van der Waals surface area contributed by atoms with Crippen LogP contribution < -0.4 is 51.4 Å². The van der Waals surface area contributed by atoms with Crippen molar-refractivity contribution in [3.8, 4) is 0 Å². The third-order valence-electron chi connectivity index (χ3n) is 2.77. The van der Waals surface area contributed by atoms with Crippen molar-refractivity contribution < 1.29 is 64.3 Å². The first-order valence-corrected chi connectivity index (χ1v) is 4.29. The Morgan fingerprint density at radius 1 is 0.917 bits per heavy atom. The van der Waals surface area contributed by atoms with E-state index in [4.69, 9.17) is 0 Å². The van der Waals surface area contributed by atoms with Crippen molar-refractivity contribution in [2.45, 2.75) is 31.5 Å². The molecule has 0 aromatic rings. The predicted octanol–water partition coefficient (Wildman–Crippen LogP) is 0.0280. The average molecular weight is 202 g/mol. The Kier molecular flexibility index (Phi) is 3.79. The first-order valence-electron chi connectivity index (χ1n) is 4.29. The molecule has 0 spiro atoms. The van der Waals surface area contributed by atoms with Crippen molar-refractivity contribution in [1.29, 1.82) is 0 Å². The second-order valence-electron chi connectivity index (χ2n) is 3.88. The van der Waals surface area contributed by atoms with Crippen LogP contribution >= 0.6 is 0 Å². The first-order chi connectivity index (χ1) is 5.09. The van der Waals surface area contributed by atoms with Gasteiger partial charge in [0.2, 0.25) is 0 Å². The van der Waals surface area contributed by atoms with Crippen molar-refractivity contribution in [3.05, 3.63) is 0 Å². The fourth-order valence-electron chi connectivity index (χ4n) is 1.96. The smallest absolute Gasteiger partial charge is 0.449 e. The molecule has 0 bridgehead atoms. The largest absolute Gasteiger partial charge is 1.00 e. The van der Waals surface area contributed by atoms with Crippen LogP contribution in [0.3, 0.4) is 0 Å². The minimum atomic E-state index is -4.53. The van der Waals surface area contributed by atoms with Crippen molar-refractivity contribution in [2.24, 2.45) is 11.8 Å². The van der Waals surface area contributed by atoms with Gasteiger partial charge in [-0.05, 0) is 0 Å². The van der Waals surface area contributed by atoms with Gasteiger partial charge in [-0.15, -0.1) is 0 Å². The second-order valence-corrected chi connectivity index (χ2v) is 3.88. The maximum absolute atomic E-state index is 12.4. The molecule has 64 valence electrons. The van der Waals surface area contributed by atoms with Crippen molar-refractivity contribution in [1.82, 2.24) is 0 Å². The number of rotatable bonds is 3. The van der Waals surface area contributed by atoms with E-state index in [2.05, 4.69) is 0 Å². The number of hydrogen-bond donors (Lipinski definition) is 0. The van der Waals surface area contributed by atoms with Gasteiger partial charge >= 0.3 is 58.4 Å². The van der Waals surface area contributed by atoms with Crippen molar-refractivity contribution in [2.75, 3.05) is 0 Å². The van der Waals surface area contributed by atoms with Crippen LogP contribution in [0, 0.1) is 11.8 Å². The van der Waals surface area contributed by atoms with Gasteiger partial charge in [0, 0.05) is 0 Å². The summed E-state index contributed by atoms with van der Waals surface area (Å²) in [4.78, 5) is 0. The van der Waals surface area contributed by atoms with Crippen LogP contribution in [-0.4, -0.2) is 6.98 Å². The Morgan fingerprint density at radius 3 is 1.42 bits per heavy atom. The van der Waals surface area contributed by atoms with E-state index in [0.29, 0.717) is 0 Å². The maximum atomic E-state index is 12.4. The quantitative estimate of drug-likeness (QED) is 0.566. The minimum Gasteiger partial charge on any atom is -0.449 e. The molecule has 0 radical (unpaired) electrons. The standard InChI is InChI=1S/C7H11BF3.K/c9-8(10,11)7(5-1-2-5)6-3-4-6;/h5-7H,1-4H2;/q-1;+1. The van der Waals surface area contributed by atoms with E-state index in [0.717, 1.165) is 25.7 Å². The summed E-state index contributed by atoms with van der Waals surface area (Å²) in [6, 6.07) is 0. The molecule has 0 heterocycles. The van der Waals surface area contributed by atoms with Gasteiger partial charge in [-0.25, -0.2) is 0 Å². The molecular formula is C7H11BF3K. The summed E-state index contributed by atoms with van der Waals surface area (Å²) in [5.74, 6) is -0.847. The monoisotopic (exact) mass is 202 g/mol. The van der Waals surface area contributed by atoms with Gasteiger partial charge < -0.3 is 12.9 Å². The van der Waals surface area contributed by atoms with Gasteiger partial charge in [0.05, 0.1) is 0 Å². The minimum absolute atomic E-state index is 0. The molecular weight excluding hydrogens is 191 g/mol. The topological polar surface area (TPSA) is 0 Å². The summed E-state index contributed by atoms with van der Waals surface area (Å²) in [5, 5.41) is 0. The van der Waals surface area contributed by atoms with E-state index in [1.165, 1.54) is 0 Å². The molecule has 2 aliphatic carbocycles. The normalized spacial score (nSPS) is 24.0. The van der Waals surface area contributed by atoms with E-state index < -0.39 is 12.8 Å². The molecule has 0 unspecified atom stereocenters. The van der Waals surface area contributed by atoms with E-state index in [-0.39, 0.29) is 63.2 Å². The molecule has 0 amide bonds. The van der Waals surface area contributed by atoms with Gasteiger partial charge in [-0.3, -0.25) is 0 Å². The average Bonchev–Trinajstić information content (AvgIpc) is 2.50. The van der Waals surface area contributed by atoms with Crippen molar-refractivity contribution in [3.63, 3.8) is 0 Å². The van der Waals surface area contributed by atoms with Gasteiger partial charge in [0.1, 0.15) is 0 Å². The zero-order valence-corrected chi connectivity index (χ0v) is 10.4. The van der Waals surface area contributed by atoms with Gasteiger partial charge in [0.25, 0.3) is 0 Å². The summed E-state index contributed by atoms with van der Waals surface area (Å²) in [5.41, 5.74) is 0. The van der Waals surface area contributed by atoms with E-state index in [9.17, 15) is 12.9 Å². The third kappa shape index (κ3) is 2.74. The van der Waals surface area contributed by atoms with Crippen LogP contribution in [0.15, 0.2) is 0 Å². The molecule has 0 aliphatic heterocycles. The summed E-state index contributed by atoms with van der Waals surface area (Å²) in [6.45, 7) is -4.53. The second kappa shape index (κ2) is 3.93. The summed E-state index contributed by atoms with van der Waals surface area (Å²) >= 11 is 0. The fraction of sp³-hybridized carbons (Fsp3) is 1.00. The number of halogens is 3. The summed E-state index contributed by atoms with van der Waals surface area (Å²) in [7, 11) is 0. The summed E-state index contributed by atoms with van der Waals surface area (Å²) < 4.78 is 37.1. The zero-order chi connectivity index (χ0) is 8.06. The fourth-order valence-corrected chi connectivity index (χ4v) is 1.96. The van der Waals surface area contributed by atoms with Gasteiger partial charge in [-0.2, -0.15) is 0 Å². The zero-order valence-electron chi connectivity index (χ0n) is 7.27. The molecule has 12 heavy (non-hydrogen) atoms. The van der Waals surface area contributed by atoms with Gasteiger partial charge in [-0.1, -0.05) is 43.3 Å². The van der Waals surface area contributed by atoms with Crippen LogP contribution in [0.25, 0.3) is 0 Å². The van der Waals surface area contributed by atoms with Crippen LogP contribution in [0.4, 0.5) is 12.9 Å². The molecule has 0 aromatic carbocycles. The van der Waals surface area contributed by atoms with E-state index in [1.54, 1.807) is 0 Å². The van der Waals surface area contributed by atoms with Crippen LogP contribution in [0.5, 0.6) is 0 Å². The third-order valence-corrected chi connectivity index (χ3v) is 2.77. The molecule has 2 aliphatic rings. The van der Waals surface area contributed by atoms with E-state index >= 15 is 0 Å². The molecule has 0 nitrogen and oxygen atoms in total. The van der Waals surface area contributed by atoms with Crippen LogP contribution in [0.2, 0.25) is 5.82 Å². The molecule has 2 rings (SSSR count). The maximum Gasteiger partial charge on any atom is 1.00 e. The van der Waals surface area contributed by atoms with E-state index in [1.807, 2.05) is 0 Å². The van der Waals surface area contributed by atoms with Crippen LogP contribution in [-0.2, 0) is 0 Å². The Balaban J connectivity index is 0.000000720. The van der Waals surface area contributed by atoms with Crippen molar-refractivity contribution >= 4 is 6.98 Å². The molecule has 0 atom stereocenters. The number of hydrogen-bond acceptors (Lipinski definition) is 0.